The molecule has 1 heterocycles. The SMILES string of the molecule is COCCCOc1cc(C(=O)OC)nc2c(F)cc(C)cc12. The predicted molar refractivity (Wildman–Crippen MR) is 79.8 cm³/mol. The first kappa shape index (κ1) is 16.2. The maximum Gasteiger partial charge on any atom is 0.356 e. The van der Waals surface area contributed by atoms with Crippen LogP contribution in [0, 0.1) is 12.7 Å². The molecule has 1 aromatic heterocycles. The van der Waals surface area contributed by atoms with Crippen molar-refractivity contribution in [3.63, 3.8) is 0 Å². The lowest BCUT2D eigenvalue weighted by Gasteiger charge is -2.12. The minimum atomic E-state index is -0.636. The van der Waals surface area contributed by atoms with Gasteiger partial charge in [0.05, 0.1) is 13.7 Å². The summed E-state index contributed by atoms with van der Waals surface area (Å²) in [6.45, 7) is 2.73. The Morgan fingerprint density at radius 3 is 2.68 bits per heavy atom. The number of benzene rings is 1. The Morgan fingerprint density at radius 2 is 2.00 bits per heavy atom. The molecule has 0 atom stereocenters. The molecule has 0 fully saturated rings. The Balaban J connectivity index is 2.47. The van der Waals surface area contributed by atoms with Gasteiger partial charge in [0.1, 0.15) is 17.1 Å². The number of fused-ring (bicyclic) bond motifs is 1. The fraction of sp³-hybridized carbons (Fsp3) is 0.375. The zero-order valence-electron chi connectivity index (χ0n) is 12.8. The van der Waals surface area contributed by atoms with E-state index in [1.54, 1.807) is 20.1 Å². The van der Waals surface area contributed by atoms with Crippen LogP contribution in [-0.4, -0.2) is 38.4 Å². The van der Waals surface area contributed by atoms with Gasteiger partial charge in [-0.25, -0.2) is 14.2 Å². The molecule has 22 heavy (non-hydrogen) atoms. The third-order valence-electron chi connectivity index (χ3n) is 3.12. The summed E-state index contributed by atoms with van der Waals surface area (Å²) in [5.41, 5.74) is 0.856. The average Bonchev–Trinajstić information content (AvgIpc) is 2.50. The van der Waals surface area contributed by atoms with E-state index >= 15 is 0 Å². The van der Waals surface area contributed by atoms with Crippen LogP contribution < -0.4 is 4.74 Å². The van der Waals surface area contributed by atoms with Crippen molar-refractivity contribution in [2.45, 2.75) is 13.3 Å². The van der Waals surface area contributed by atoms with E-state index in [4.69, 9.17) is 9.47 Å². The highest BCUT2D eigenvalue weighted by Crippen LogP contribution is 2.29. The van der Waals surface area contributed by atoms with Gasteiger partial charge in [0.15, 0.2) is 5.69 Å². The third-order valence-corrected chi connectivity index (χ3v) is 3.12. The molecular formula is C16H18FNO4. The summed E-state index contributed by atoms with van der Waals surface area (Å²) >= 11 is 0. The number of hydrogen-bond donors (Lipinski definition) is 0. The fourth-order valence-electron chi connectivity index (χ4n) is 2.10. The quantitative estimate of drug-likeness (QED) is 0.606. The molecule has 118 valence electrons. The molecule has 5 nitrogen and oxygen atoms in total. The van der Waals surface area contributed by atoms with E-state index in [0.29, 0.717) is 30.8 Å². The number of methoxy groups -OCH3 is 2. The molecule has 6 heteroatoms. The molecule has 0 aliphatic carbocycles. The monoisotopic (exact) mass is 307 g/mol. The lowest BCUT2D eigenvalue weighted by Crippen LogP contribution is -2.08. The molecule has 0 spiro atoms. The Labute approximate surface area is 128 Å². The zero-order valence-corrected chi connectivity index (χ0v) is 12.8. The molecule has 0 bridgehead atoms. The van der Waals surface area contributed by atoms with Gasteiger partial charge in [-0.05, 0) is 24.6 Å². The van der Waals surface area contributed by atoms with Crippen LogP contribution in [0.3, 0.4) is 0 Å². The van der Waals surface area contributed by atoms with Crippen LogP contribution in [0.25, 0.3) is 10.9 Å². The minimum absolute atomic E-state index is 0.0134. The van der Waals surface area contributed by atoms with Gasteiger partial charge in [0.2, 0.25) is 0 Å². The van der Waals surface area contributed by atoms with E-state index in [9.17, 15) is 9.18 Å². The Morgan fingerprint density at radius 1 is 1.23 bits per heavy atom. The minimum Gasteiger partial charge on any atom is -0.493 e. The van der Waals surface area contributed by atoms with Crippen molar-refractivity contribution in [2.75, 3.05) is 27.4 Å². The van der Waals surface area contributed by atoms with Crippen LogP contribution in [-0.2, 0) is 9.47 Å². The summed E-state index contributed by atoms with van der Waals surface area (Å²) in [6, 6.07) is 4.61. The van der Waals surface area contributed by atoms with Gasteiger partial charge in [0.25, 0.3) is 0 Å². The predicted octanol–water partition coefficient (Wildman–Crippen LogP) is 2.88. The highest BCUT2D eigenvalue weighted by Gasteiger charge is 2.16. The summed E-state index contributed by atoms with van der Waals surface area (Å²) in [4.78, 5) is 15.7. The number of ether oxygens (including phenoxy) is 3. The van der Waals surface area contributed by atoms with Crippen molar-refractivity contribution in [3.05, 3.63) is 35.3 Å². The first-order chi connectivity index (χ1) is 10.6. The van der Waals surface area contributed by atoms with Crippen molar-refractivity contribution < 1.29 is 23.4 Å². The summed E-state index contributed by atoms with van der Waals surface area (Å²) in [5.74, 6) is -0.727. The van der Waals surface area contributed by atoms with Gasteiger partial charge >= 0.3 is 5.97 Å². The molecule has 2 rings (SSSR count). The van der Waals surface area contributed by atoms with Gasteiger partial charge in [-0.2, -0.15) is 0 Å². The Kier molecular flexibility index (Phi) is 5.27. The van der Waals surface area contributed by atoms with Crippen molar-refractivity contribution in [1.82, 2.24) is 4.98 Å². The zero-order chi connectivity index (χ0) is 16.1. The number of hydrogen-bond acceptors (Lipinski definition) is 5. The average molecular weight is 307 g/mol. The fourth-order valence-corrected chi connectivity index (χ4v) is 2.10. The number of esters is 1. The number of nitrogens with zero attached hydrogens (tertiary/aromatic N) is 1. The van der Waals surface area contributed by atoms with Gasteiger partial charge in [-0.3, -0.25) is 0 Å². The molecule has 1 aromatic carbocycles. The molecule has 0 aliphatic rings. The van der Waals surface area contributed by atoms with Crippen LogP contribution >= 0.6 is 0 Å². The summed E-state index contributed by atoms with van der Waals surface area (Å²) in [5, 5.41) is 0.530. The van der Waals surface area contributed by atoms with Crippen molar-refractivity contribution in [2.24, 2.45) is 0 Å². The van der Waals surface area contributed by atoms with Crippen molar-refractivity contribution >= 4 is 16.9 Å². The third kappa shape index (κ3) is 3.51. The van der Waals surface area contributed by atoms with Gasteiger partial charge in [-0.1, -0.05) is 0 Å². The lowest BCUT2D eigenvalue weighted by molar-refractivity contribution is 0.0594. The van der Waals surface area contributed by atoms with E-state index in [1.807, 2.05) is 0 Å². The van der Waals surface area contributed by atoms with Crippen LogP contribution in [0.4, 0.5) is 4.39 Å². The van der Waals surface area contributed by atoms with Crippen molar-refractivity contribution in [1.29, 1.82) is 0 Å². The van der Waals surface area contributed by atoms with E-state index in [2.05, 4.69) is 9.72 Å². The smallest absolute Gasteiger partial charge is 0.356 e. The van der Waals surface area contributed by atoms with E-state index in [-0.39, 0.29) is 11.2 Å². The first-order valence-corrected chi connectivity index (χ1v) is 6.87. The molecule has 0 aliphatic heterocycles. The number of carbonyl (C=O) groups is 1. The maximum atomic E-state index is 14.1. The van der Waals surface area contributed by atoms with Crippen LogP contribution in [0.1, 0.15) is 22.5 Å². The number of pyridine rings is 1. The lowest BCUT2D eigenvalue weighted by atomic mass is 10.1. The topological polar surface area (TPSA) is 57.7 Å². The number of carbonyl (C=O) groups excluding carboxylic acids is 1. The van der Waals surface area contributed by atoms with E-state index < -0.39 is 11.8 Å². The van der Waals surface area contributed by atoms with E-state index in [1.165, 1.54) is 19.2 Å². The molecule has 0 N–H and O–H groups in total. The molecule has 0 radical (unpaired) electrons. The number of rotatable bonds is 6. The maximum absolute atomic E-state index is 14.1. The van der Waals surface area contributed by atoms with Gasteiger partial charge in [-0.15, -0.1) is 0 Å². The standard InChI is InChI=1S/C16H18FNO4/c1-10-7-11-14(22-6-4-5-20-2)9-13(16(19)21-3)18-15(11)12(17)8-10/h7-9H,4-6H2,1-3H3. The Bertz CT molecular complexity index is 687. The molecular weight excluding hydrogens is 289 g/mol. The van der Waals surface area contributed by atoms with Crippen molar-refractivity contribution in [3.8, 4) is 5.75 Å². The summed E-state index contributed by atoms with van der Waals surface area (Å²) < 4.78 is 29.4. The first-order valence-electron chi connectivity index (χ1n) is 6.87. The number of aryl methyl sites for hydroxylation is 1. The molecule has 0 unspecified atom stereocenters. The summed E-state index contributed by atoms with van der Waals surface area (Å²) in [6.07, 6.45) is 0.683. The summed E-state index contributed by atoms with van der Waals surface area (Å²) in [7, 11) is 2.86. The molecule has 0 amide bonds. The second kappa shape index (κ2) is 7.17. The highest BCUT2D eigenvalue weighted by atomic mass is 19.1. The number of aromatic nitrogens is 1. The Hall–Kier alpha value is -2.21. The molecule has 0 saturated heterocycles. The highest BCUT2D eigenvalue weighted by molar-refractivity contribution is 5.94. The van der Waals surface area contributed by atoms with Gasteiger partial charge in [0, 0.05) is 31.6 Å². The normalized spacial score (nSPS) is 10.7. The number of halogens is 1. The molecule has 2 aromatic rings. The largest absolute Gasteiger partial charge is 0.493 e. The van der Waals surface area contributed by atoms with E-state index in [0.717, 1.165) is 5.56 Å². The second-order valence-electron chi connectivity index (χ2n) is 4.83. The second-order valence-corrected chi connectivity index (χ2v) is 4.83. The van der Waals surface area contributed by atoms with Gasteiger partial charge < -0.3 is 14.2 Å². The van der Waals surface area contributed by atoms with Crippen LogP contribution in [0.15, 0.2) is 18.2 Å². The van der Waals surface area contributed by atoms with Crippen LogP contribution in [0.5, 0.6) is 5.75 Å². The van der Waals surface area contributed by atoms with Crippen LogP contribution in [0.2, 0.25) is 0 Å². The molecule has 0 saturated carbocycles.